The molecular formula is C24H35N3O3. The number of nitrogens with zero attached hydrogens (tertiary/aromatic N) is 3. The van der Waals surface area contributed by atoms with E-state index in [1.165, 1.54) is 18.4 Å². The maximum atomic E-state index is 9.13. The first-order valence-electron chi connectivity index (χ1n) is 10.9. The number of ether oxygens (including phenoxy) is 2. The highest BCUT2D eigenvalue weighted by Crippen LogP contribution is 2.24. The van der Waals surface area contributed by atoms with Crippen molar-refractivity contribution in [2.45, 2.75) is 25.9 Å². The summed E-state index contributed by atoms with van der Waals surface area (Å²) in [6, 6.07) is 12.3. The third kappa shape index (κ3) is 7.36. The van der Waals surface area contributed by atoms with Crippen LogP contribution in [0.15, 0.2) is 48.8 Å². The summed E-state index contributed by atoms with van der Waals surface area (Å²) in [4.78, 5) is 9.18. The fraction of sp³-hybridized carbons (Fsp3) is 0.542. The molecule has 0 unspecified atom stereocenters. The van der Waals surface area contributed by atoms with Crippen LogP contribution in [0.1, 0.15) is 24.0 Å². The summed E-state index contributed by atoms with van der Waals surface area (Å²) in [5, 5.41) is 9.13. The Hall–Kier alpha value is -1.99. The lowest BCUT2D eigenvalue weighted by Crippen LogP contribution is -2.39. The summed E-state index contributed by atoms with van der Waals surface area (Å²) < 4.78 is 11.0. The zero-order chi connectivity index (χ0) is 21.0. The van der Waals surface area contributed by atoms with Crippen molar-refractivity contribution in [3.63, 3.8) is 0 Å². The fourth-order valence-electron chi connectivity index (χ4n) is 4.08. The molecule has 3 rings (SSSR count). The molecule has 2 heterocycles. The van der Waals surface area contributed by atoms with E-state index >= 15 is 0 Å². The van der Waals surface area contributed by atoms with Crippen LogP contribution < -0.4 is 4.74 Å². The normalized spacial score (nSPS) is 15.6. The van der Waals surface area contributed by atoms with Crippen molar-refractivity contribution < 1.29 is 14.6 Å². The molecule has 2 aromatic rings. The molecule has 0 bridgehead atoms. The van der Waals surface area contributed by atoms with E-state index in [1.807, 2.05) is 24.5 Å². The van der Waals surface area contributed by atoms with Gasteiger partial charge in [0, 0.05) is 51.2 Å². The Bertz CT molecular complexity index is 721. The summed E-state index contributed by atoms with van der Waals surface area (Å²) in [5.74, 6) is 1.55. The molecule has 0 spiro atoms. The van der Waals surface area contributed by atoms with Gasteiger partial charge in [0.25, 0.3) is 0 Å². The highest BCUT2D eigenvalue weighted by molar-refractivity contribution is 5.33. The van der Waals surface area contributed by atoms with Gasteiger partial charge in [-0.3, -0.25) is 9.88 Å². The molecule has 30 heavy (non-hydrogen) atoms. The highest BCUT2D eigenvalue weighted by Gasteiger charge is 2.22. The molecule has 0 amide bonds. The van der Waals surface area contributed by atoms with Crippen LogP contribution in [0.4, 0.5) is 0 Å². The third-order valence-corrected chi connectivity index (χ3v) is 5.71. The molecule has 6 nitrogen and oxygen atoms in total. The molecule has 1 aliphatic rings. The van der Waals surface area contributed by atoms with Crippen LogP contribution in [0.3, 0.4) is 0 Å². The van der Waals surface area contributed by atoms with E-state index < -0.39 is 0 Å². The number of benzene rings is 1. The summed E-state index contributed by atoms with van der Waals surface area (Å²) in [5.41, 5.74) is 2.44. The van der Waals surface area contributed by atoms with Gasteiger partial charge in [0.05, 0.1) is 13.2 Å². The van der Waals surface area contributed by atoms with Gasteiger partial charge in [-0.25, -0.2) is 0 Å². The van der Waals surface area contributed by atoms with E-state index in [4.69, 9.17) is 14.6 Å². The van der Waals surface area contributed by atoms with Gasteiger partial charge in [0.2, 0.25) is 0 Å². The van der Waals surface area contributed by atoms with Gasteiger partial charge in [-0.05, 0) is 55.6 Å². The van der Waals surface area contributed by atoms with Crippen LogP contribution in [0.5, 0.6) is 5.75 Å². The Kier molecular flexibility index (Phi) is 9.57. The second-order valence-corrected chi connectivity index (χ2v) is 7.98. The van der Waals surface area contributed by atoms with Gasteiger partial charge in [-0.1, -0.05) is 18.2 Å². The SMILES string of the molecule is COCCN1CCC(CN(Cc2ccncc2)Cc2ccccc2OCCO)CC1. The summed E-state index contributed by atoms with van der Waals surface area (Å²) in [6.45, 7) is 7.25. The van der Waals surface area contributed by atoms with Crippen molar-refractivity contribution in [1.29, 1.82) is 0 Å². The first-order chi connectivity index (χ1) is 14.8. The minimum atomic E-state index is 0.0245. The lowest BCUT2D eigenvalue weighted by atomic mass is 9.95. The van der Waals surface area contributed by atoms with Crippen LogP contribution in [-0.2, 0) is 17.8 Å². The zero-order valence-corrected chi connectivity index (χ0v) is 18.1. The van der Waals surface area contributed by atoms with Crippen molar-refractivity contribution in [2.75, 3.05) is 53.1 Å². The Morgan fingerprint density at radius 1 is 1.07 bits per heavy atom. The molecule has 0 radical (unpaired) electrons. The van der Waals surface area contributed by atoms with E-state index in [1.54, 1.807) is 7.11 Å². The molecule has 1 aromatic heterocycles. The van der Waals surface area contributed by atoms with Crippen LogP contribution >= 0.6 is 0 Å². The van der Waals surface area contributed by atoms with Crippen LogP contribution in [0.25, 0.3) is 0 Å². The number of aliphatic hydroxyl groups excluding tert-OH is 1. The van der Waals surface area contributed by atoms with Crippen molar-refractivity contribution in [2.24, 2.45) is 5.92 Å². The summed E-state index contributed by atoms with van der Waals surface area (Å²) in [7, 11) is 1.77. The average Bonchev–Trinajstić information content (AvgIpc) is 2.79. The minimum absolute atomic E-state index is 0.0245. The Morgan fingerprint density at radius 3 is 2.57 bits per heavy atom. The first-order valence-corrected chi connectivity index (χ1v) is 10.9. The number of aliphatic hydroxyl groups is 1. The van der Waals surface area contributed by atoms with Crippen molar-refractivity contribution >= 4 is 0 Å². The standard InChI is InChI=1S/C24H35N3O3/c1-29-16-14-26-12-8-22(9-13-26)19-27(18-21-6-10-25-11-7-21)20-23-4-2-3-5-24(23)30-17-15-28/h2-7,10-11,22,28H,8-9,12-20H2,1H3. The fourth-order valence-corrected chi connectivity index (χ4v) is 4.08. The van der Waals surface area contributed by atoms with Gasteiger partial charge < -0.3 is 19.5 Å². The lowest BCUT2D eigenvalue weighted by Gasteiger charge is -2.35. The minimum Gasteiger partial charge on any atom is -0.491 e. The summed E-state index contributed by atoms with van der Waals surface area (Å²) >= 11 is 0. The van der Waals surface area contributed by atoms with Crippen LogP contribution in [-0.4, -0.2) is 73.0 Å². The predicted molar refractivity (Wildman–Crippen MR) is 118 cm³/mol. The molecule has 1 aliphatic heterocycles. The van der Waals surface area contributed by atoms with Gasteiger partial charge >= 0.3 is 0 Å². The Labute approximate surface area is 180 Å². The number of aromatic nitrogens is 1. The number of hydrogen-bond donors (Lipinski definition) is 1. The number of pyridine rings is 1. The van der Waals surface area contributed by atoms with Gasteiger partial charge in [0.15, 0.2) is 0 Å². The lowest BCUT2D eigenvalue weighted by molar-refractivity contribution is 0.103. The predicted octanol–water partition coefficient (Wildman–Crippen LogP) is 2.81. The van der Waals surface area contributed by atoms with Crippen molar-refractivity contribution in [3.05, 3.63) is 59.9 Å². The van der Waals surface area contributed by atoms with Crippen LogP contribution in [0, 0.1) is 5.92 Å². The molecular weight excluding hydrogens is 378 g/mol. The van der Waals surface area contributed by atoms with E-state index in [2.05, 4.69) is 39.0 Å². The topological polar surface area (TPSA) is 58.1 Å². The molecule has 164 valence electrons. The molecule has 0 atom stereocenters. The Morgan fingerprint density at radius 2 is 1.83 bits per heavy atom. The number of likely N-dealkylation sites (tertiary alicyclic amines) is 1. The number of rotatable bonds is 12. The molecule has 1 saturated heterocycles. The first kappa shape index (κ1) is 22.7. The van der Waals surface area contributed by atoms with Crippen molar-refractivity contribution in [1.82, 2.24) is 14.8 Å². The third-order valence-electron chi connectivity index (χ3n) is 5.71. The van der Waals surface area contributed by atoms with Gasteiger partial charge in [-0.2, -0.15) is 0 Å². The average molecular weight is 414 g/mol. The van der Waals surface area contributed by atoms with Crippen LogP contribution in [0.2, 0.25) is 0 Å². The molecule has 0 aliphatic carbocycles. The van der Waals surface area contributed by atoms with E-state index in [0.29, 0.717) is 12.5 Å². The van der Waals surface area contributed by atoms with E-state index in [9.17, 15) is 0 Å². The maximum Gasteiger partial charge on any atom is 0.123 e. The second-order valence-electron chi connectivity index (χ2n) is 7.98. The molecule has 1 fully saturated rings. The van der Waals surface area contributed by atoms with Crippen molar-refractivity contribution in [3.8, 4) is 5.75 Å². The number of para-hydroxylation sites is 1. The Balaban J connectivity index is 1.64. The zero-order valence-electron chi connectivity index (χ0n) is 18.1. The number of methoxy groups -OCH3 is 1. The second kappa shape index (κ2) is 12.6. The number of hydrogen-bond acceptors (Lipinski definition) is 6. The molecule has 6 heteroatoms. The van der Waals surface area contributed by atoms with E-state index in [0.717, 1.165) is 57.2 Å². The quantitative estimate of drug-likeness (QED) is 0.577. The smallest absolute Gasteiger partial charge is 0.123 e. The maximum absolute atomic E-state index is 9.13. The monoisotopic (exact) mass is 413 g/mol. The molecule has 1 N–H and O–H groups in total. The highest BCUT2D eigenvalue weighted by atomic mass is 16.5. The molecule has 0 saturated carbocycles. The van der Waals surface area contributed by atoms with Gasteiger partial charge in [-0.15, -0.1) is 0 Å². The summed E-state index contributed by atoms with van der Waals surface area (Å²) in [6.07, 6.45) is 6.17. The number of piperidine rings is 1. The van der Waals surface area contributed by atoms with E-state index in [-0.39, 0.29) is 6.61 Å². The molecule has 1 aromatic carbocycles. The van der Waals surface area contributed by atoms with Gasteiger partial charge in [0.1, 0.15) is 12.4 Å². The largest absolute Gasteiger partial charge is 0.491 e.